The Bertz CT molecular complexity index is 1370. The van der Waals surface area contributed by atoms with Gasteiger partial charge in [-0.2, -0.15) is 13.2 Å². The number of alkyl halides is 3. The number of benzene rings is 1. The molecule has 5 rings (SSSR count). The van der Waals surface area contributed by atoms with Gasteiger partial charge in [-0.15, -0.1) is 0 Å². The van der Waals surface area contributed by atoms with Crippen LogP contribution in [0.1, 0.15) is 22.4 Å². The van der Waals surface area contributed by atoms with Crippen molar-refractivity contribution in [3.63, 3.8) is 0 Å². The predicted molar refractivity (Wildman–Crippen MR) is 118 cm³/mol. The Morgan fingerprint density at radius 3 is 2.59 bits per heavy atom. The summed E-state index contributed by atoms with van der Waals surface area (Å²) >= 11 is 0. The number of nitrogens with one attached hydrogen (secondary N) is 1. The normalized spacial score (nSPS) is 14.1. The Morgan fingerprint density at radius 2 is 1.85 bits per heavy atom. The molecule has 4 aromatic rings. The SMILES string of the molecule is O=c1[nH]c(-c2cncnc2)nc2c1CN(Cc1ccc(-c3cccc(C(F)(F)F)c3)nc1)CC2. The van der Waals surface area contributed by atoms with Crippen molar-refractivity contribution >= 4 is 0 Å². The van der Waals surface area contributed by atoms with Crippen LogP contribution in [0, 0.1) is 0 Å². The topological polar surface area (TPSA) is 87.7 Å². The van der Waals surface area contributed by atoms with Gasteiger partial charge in [0.2, 0.25) is 0 Å². The molecule has 0 saturated carbocycles. The molecule has 0 fully saturated rings. The molecule has 4 heterocycles. The van der Waals surface area contributed by atoms with E-state index in [0.29, 0.717) is 54.3 Å². The summed E-state index contributed by atoms with van der Waals surface area (Å²) in [6.07, 6.45) is 2.50. The highest BCUT2D eigenvalue weighted by molar-refractivity contribution is 5.60. The van der Waals surface area contributed by atoms with Gasteiger partial charge < -0.3 is 4.98 Å². The van der Waals surface area contributed by atoms with E-state index >= 15 is 0 Å². The van der Waals surface area contributed by atoms with Crippen molar-refractivity contribution in [3.8, 4) is 22.6 Å². The molecule has 1 aromatic carbocycles. The first kappa shape index (κ1) is 21.9. The lowest BCUT2D eigenvalue weighted by Gasteiger charge is -2.27. The van der Waals surface area contributed by atoms with Crippen LogP contribution in [0.2, 0.25) is 0 Å². The fourth-order valence-corrected chi connectivity index (χ4v) is 3.98. The number of hydrogen-bond donors (Lipinski definition) is 1. The van der Waals surface area contributed by atoms with Crippen LogP contribution < -0.4 is 5.56 Å². The lowest BCUT2D eigenvalue weighted by molar-refractivity contribution is -0.137. The third-order valence-corrected chi connectivity index (χ3v) is 5.70. The van der Waals surface area contributed by atoms with Gasteiger partial charge in [-0.1, -0.05) is 18.2 Å². The molecular weight excluding hydrogens is 445 g/mol. The monoisotopic (exact) mass is 464 g/mol. The zero-order valence-corrected chi connectivity index (χ0v) is 17.9. The van der Waals surface area contributed by atoms with Crippen molar-refractivity contribution < 1.29 is 13.2 Å². The second-order valence-electron chi connectivity index (χ2n) is 8.06. The molecule has 172 valence electrons. The summed E-state index contributed by atoms with van der Waals surface area (Å²) < 4.78 is 39.0. The lowest BCUT2D eigenvalue weighted by Crippen LogP contribution is -2.35. The molecule has 0 radical (unpaired) electrons. The molecule has 0 spiro atoms. The van der Waals surface area contributed by atoms with E-state index in [2.05, 4.69) is 29.8 Å². The van der Waals surface area contributed by atoms with Crippen LogP contribution >= 0.6 is 0 Å². The first-order valence-corrected chi connectivity index (χ1v) is 10.6. The molecule has 0 aliphatic carbocycles. The maximum absolute atomic E-state index is 13.0. The molecule has 0 unspecified atom stereocenters. The number of fused-ring (bicyclic) bond motifs is 1. The number of aromatic amines is 1. The van der Waals surface area contributed by atoms with Crippen LogP contribution in [-0.2, 0) is 25.7 Å². The highest BCUT2D eigenvalue weighted by Crippen LogP contribution is 2.31. The van der Waals surface area contributed by atoms with Crippen LogP contribution in [0.5, 0.6) is 0 Å². The number of pyridine rings is 1. The fourth-order valence-electron chi connectivity index (χ4n) is 3.98. The van der Waals surface area contributed by atoms with Gasteiger partial charge >= 0.3 is 6.18 Å². The Hall–Kier alpha value is -3.92. The van der Waals surface area contributed by atoms with Crippen molar-refractivity contribution in [2.75, 3.05) is 6.54 Å². The smallest absolute Gasteiger partial charge is 0.306 e. The average Bonchev–Trinajstić information content (AvgIpc) is 2.85. The van der Waals surface area contributed by atoms with E-state index in [1.54, 1.807) is 30.7 Å². The molecule has 0 saturated heterocycles. The van der Waals surface area contributed by atoms with Gasteiger partial charge in [-0.05, 0) is 23.8 Å². The number of H-pyrrole nitrogens is 1. The molecule has 0 amide bonds. The number of hydrogen-bond acceptors (Lipinski definition) is 6. The Morgan fingerprint density at radius 1 is 1.03 bits per heavy atom. The Balaban J connectivity index is 1.30. The molecule has 7 nitrogen and oxygen atoms in total. The fraction of sp³-hybridized carbons (Fsp3) is 0.208. The number of rotatable bonds is 4. The molecule has 0 bridgehead atoms. The summed E-state index contributed by atoms with van der Waals surface area (Å²) in [5.41, 5.74) is 2.93. The van der Waals surface area contributed by atoms with Gasteiger partial charge in [0.15, 0.2) is 0 Å². The van der Waals surface area contributed by atoms with Crippen molar-refractivity contribution in [1.29, 1.82) is 0 Å². The maximum Gasteiger partial charge on any atom is 0.416 e. The molecule has 10 heteroatoms. The van der Waals surface area contributed by atoms with E-state index in [4.69, 9.17) is 0 Å². The van der Waals surface area contributed by atoms with Crippen LogP contribution in [0.3, 0.4) is 0 Å². The zero-order chi connectivity index (χ0) is 23.7. The maximum atomic E-state index is 13.0. The van der Waals surface area contributed by atoms with E-state index in [-0.39, 0.29) is 5.56 Å². The molecule has 0 atom stereocenters. The van der Waals surface area contributed by atoms with Gasteiger partial charge in [0.25, 0.3) is 5.56 Å². The standard InChI is InChI=1S/C24H19F3N6O/c25-24(26,27)18-3-1-2-16(8-18)20-5-4-15(9-30-20)12-33-7-6-21-19(13-33)23(34)32-22(31-21)17-10-28-14-29-11-17/h1-5,8-11,14H,6-7,12-13H2,(H,31,32,34). The van der Waals surface area contributed by atoms with E-state index in [9.17, 15) is 18.0 Å². The predicted octanol–water partition coefficient (Wildman–Crippen LogP) is 3.87. The van der Waals surface area contributed by atoms with Crippen molar-refractivity contribution in [2.45, 2.75) is 25.7 Å². The van der Waals surface area contributed by atoms with Gasteiger partial charge in [-0.25, -0.2) is 15.0 Å². The largest absolute Gasteiger partial charge is 0.416 e. The Labute approximate surface area is 192 Å². The van der Waals surface area contributed by atoms with Gasteiger partial charge in [0.05, 0.1) is 28.1 Å². The van der Waals surface area contributed by atoms with Gasteiger partial charge in [0.1, 0.15) is 12.2 Å². The van der Waals surface area contributed by atoms with Crippen LogP contribution in [0.4, 0.5) is 13.2 Å². The third kappa shape index (κ3) is 4.58. The zero-order valence-electron chi connectivity index (χ0n) is 17.9. The van der Waals surface area contributed by atoms with Crippen molar-refractivity contribution in [1.82, 2.24) is 29.8 Å². The van der Waals surface area contributed by atoms with E-state index in [0.717, 1.165) is 23.4 Å². The molecule has 1 aliphatic heterocycles. The third-order valence-electron chi connectivity index (χ3n) is 5.70. The quantitative estimate of drug-likeness (QED) is 0.494. The summed E-state index contributed by atoms with van der Waals surface area (Å²) in [5.74, 6) is 0.451. The van der Waals surface area contributed by atoms with E-state index in [1.165, 1.54) is 12.4 Å². The summed E-state index contributed by atoms with van der Waals surface area (Å²) in [7, 11) is 0. The van der Waals surface area contributed by atoms with Crippen LogP contribution in [0.15, 0.2) is 66.1 Å². The molecule has 1 aliphatic rings. The molecule has 34 heavy (non-hydrogen) atoms. The highest BCUT2D eigenvalue weighted by Gasteiger charge is 2.30. The lowest BCUT2D eigenvalue weighted by atomic mass is 10.0. The van der Waals surface area contributed by atoms with Crippen molar-refractivity contribution in [3.05, 3.63) is 94.1 Å². The summed E-state index contributed by atoms with van der Waals surface area (Å²) in [5, 5.41) is 0. The van der Waals surface area contributed by atoms with Crippen LogP contribution in [0.25, 0.3) is 22.6 Å². The van der Waals surface area contributed by atoms with Gasteiger partial charge in [-0.3, -0.25) is 14.7 Å². The summed E-state index contributed by atoms with van der Waals surface area (Å²) in [4.78, 5) is 34.5. The van der Waals surface area contributed by atoms with Crippen molar-refractivity contribution in [2.24, 2.45) is 0 Å². The first-order chi connectivity index (χ1) is 16.4. The highest BCUT2D eigenvalue weighted by atomic mass is 19.4. The van der Waals surface area contributed by atoms with Gasteiger partial charge in [0, 0.05) is 50.2 Å². The number of nitrogens with zero attached hydrogens (tertiary/aromatic N) is 5. The Kier molecular flexibility index (Phi) is 5.66. The second kappa shape index (κ2) is 8.79. The van der Waals surface area contributed by atoms with E-state index < -0.39 is 11.7 Å². The summed E-state index contributed by atoms with van der Waals surface area (Å²) in [6, 6.07) is 8.68. The number of aromatic nitrogens is 5. The minimum atomic E-state index is -4.40. The molecule has 1 N–H and O–H groups in total. The first-order valence-electron chi connectivity index (χ1n) is 10.6. The number of halogens is 3. The molecule has 3 aromatic heterocycles. The summed E-state index contributed by atoms with van der Waals surface area (Å²) in [6.45, 7) is 1.71. The molecular formula is C24H19F3N6O. The minimum absolute atomic E-state index is 0.188. The average molecular weight is 464 g/mol. The minimum Gasteiger partial charge on any atom is -0.306 e. The second-order valence-corrected chi connectivity index (χ2v) is 8.06. The van der Waals surface area contributed by atoms with E-state index in [1.807, 2.05) is 6.07 Å². The van der Waals surface area contributed by atoms with Crippen LogP contribution in [-0.4, -0.2) is 36.4 Å².